The standard InChI is InChI=1S/C15H11ClF3N3O/c16-12-5-7-13(8-6-12)21-14(23)22-20-9-10-1-3-11(4-2-10)15(17,18)19/h1-9H,(H2,21,22,23)/b20-9-. The van der Waals surface area contributed by atoms with Crippen LogP contribution in [0.1, 0.15) is 11.1 Å². The Bertz CT molecular complexity index is 697. The molecule has 0 saturated heterocycles. The Morgan fingerprint density at radius 2 is 1.65 bits per heavy atom. The van der Waals surface area contributed by atoms with E-state index in [0.717, 1.165) is 12.1 Å². The maximum absolute atomic E-state index is 12.4. The Balaban J connectivity index is 1.88. The summed E-state index contributed by atoms with van der Waals surface area (Å²) in [4.78, 5) is 11.6. The molecule has 0 fully saturated rings. The van der Waals surface area contributed by atoms with Crippen molar-refractivity contribution in [3.05, 3.63) is 64.7 Å². The molecule has 2 N–H and O–H groups in total. The third-order valence-corrected chi connectivity index (χ3v) is 2.97. The van der Waals surface area contributed by atoms with Crippen LogP contribution in [-0.2, 0) is 6.18 Å². The van der Waals surface area contributed by atoms with Crippen molar-refractivity contribution >= 4 is 29.5 Å². The molecule has 8 heteroatoms. The number of carbonyl (C=O) groups is 1. The third kappa shape index (κ3) is 5.30. The van der Waals surface area contributed by atoms with Gasteiger partial charge >= 0.3 is 12.2 Å². The molecule has 0 atom stereocenters. The largest absolute Gasteiger partial charge is 0.416 e. The van der Waals surface area contributed by atoms with Crippen molar-refractivity contribution in [1.29, 1.82) is 0 Å². The van der Waals surface area contributed by atoms with Gasteiger partial charge in [-0.3, -0.25) is 0 Å². The second-order valence-corrected chi connectivity index (χ2v) is 4.89. The van der Waals surface area contributed by atoms with E-state index in [1.54, 1.807) is 24.3 Å². The highest BCUT2D eigenvalue weighted by atomic mass is 35.5. The molecular formula is C15H11ClF3N3O. The number of amides is 2. The molecule has 0 aliphatic carbocycles. The van der Waals surface area contributed by atoms with E-state index in [9.17, 15) is 18.0 Å². The van der Waals surface area contributed by atoms with Gasteiger partial charge in [-0.05, 0) is 42.0 Å². The van der Waals surface area contributed by atoms with Gasteiger partial charge in [-0.25, -0.2) is 10.2 Å². The van der Waals surface area contributed by atoms with E-state index in [1.807, 2.05) is 0 Å². The first-order valence-electron chi connectivity index (χ1n) is 6.37. The van der Waals surface area contributed by atoms with Gasteiger partial charge in [-0.1, -0.05) is 23.7 Å². The minimum Gasteiger partial charge on any atom is -0.307 e. The van der Waals surface area contributed by atoms with Crippen molar-refractivity contribution in [2.75, 3.05) is 5.32 Å². The van der Waals surface area contributed by atoms with Crippen molar-refractivity contribution in [1.82, 2.24) is 5.43 Å². The number of nitrogens with one attached hydrogen (secondary N) is 2. The summed E-state index contributed by atoms with van der Waals surface area (Å²) in [5.74, 6) is 0. The normalized spacial score (nSPS) is 11.5. The highest BCUT2D eigenvalue weighted by molar-refractivity contribution is 6.30. The number of hydrogen-bond donors (Lipinski definition) is 2. The van der Waals surface area contributed by atoms with Crippen LogP contribution in [-0.4, -0.2) is 12.2 Å². The fourth-order valence-electron chi connectivity index (χ4n) is 1.62. The van der Waals surface area contributed by atoms with Gasteiger partial charge in [0.1, 0.15) is 0 Å². The van der Waals surface area contributed by atoms with Crippen LogP contribution in [0, 0.1) is 0 Å². The fourth-order valence-corrected chi connectivity index (χ4v) is 1.74. The lowest BCUT2D eigenvalue weighted by molar-refractivity contribution is -0.137. The second kappa shape index (κ2) is 7.15. The van der Waals surface area contributed by atoms with Gasteiger partial charge in [-0.2, -0.15) is 18.3 Å². The number of anilines is 1. The van der Waals surface area contributed by atoms with Crippen molar-refractivity contribution in [2.45, 2.75) is 6.18 Å². The first-order valence-corrected chi connectivity index (χ1v) is 6.75. The van der Waals surface area contributed by atoms with Crippen LogP contribution in [0.25, 0.3) is 0 Å². The predicted octanol–water partition coefficient (Wildman–Crippen LogP) is 4.51. The van der Waals surface area contributed by atoms with Gasteiger partial charge in [-0.15, -0.1) is 0 Å². The Morgan fingerprint density at radius 1 is 1.04 bits per heavy atom. The zero-order chi connectivity index (χ0) is 16.9. The topological polar surface area (TPSA) is 53.5 Å². The monoisotopic (exact) mass is 341 g/mol. The number of urea groups is 1. The first-order chi connectivity index (χ1) is 10.8. The first kappa shape index (κ1) is 16.8. The molecule has 2 amide bonds. The molecule has 4 nitrogen and oxygen atoms in total. The molecule has 0 aliphatic rings. The highest BCUT2D eigenvalue weighted by Crippen LogP contribution is 2.28. The molecule has 0 aromatic heterocycles. The molecule has 23 heavy (non-hydrogen) atoms. The molecule has 0 saturated carbocycles. The smallest absolute Gasteiger partial charge is 0.307 e. The second-order valence-electron chi connectivity index (χ2n) is 4.45. The van der Waals surface area contributed by atoms with Crippen LogP contribution in [0.3, 0.4) is 0 Å². The lowest BCUT2D eigenvalue weighted by Gasteiger charge is -2.06. The van der Waals surface area contributed by atoms with Crippen molar-refractivity contribution < 1.29 is 18.0 Å². The van der Waals surface area contributed by atoms with E-state index in [0.29, 0.717) is 16.3 Å². The van der Waals surface area contributed by atoms with E-state index in [-0.39, 0.29) is 0 Å². The van der Waals surface area contributed by atoms with Crippen LogP contribution < -0.4 is 10.7 Å². The van der Waals surface area contributed by atoms with Gasteiger partial charge in [0.25, 0.3) is 0 Å². The summed E-state index contributed by atoms with van der Waals surface area (Å²) < 4.78 is 37.2. The average molecular weight is 342 g/mol. The Hall–Kier alpha value is -2.54. The summed E-state index contributed by atoms with van der Waals surface area (Å²) in [6, 6.07) is 10.3. The quantitative estimate of drug-likeness (QED) is 0.626. The van der Waals surface area contributed by atoms with Crippen LogP contribution in [0.5, 0.6) is 0 Å². The summed E-state index contributed by atoms with van der Waals surface area (Å²) in [6.07, 6.45) is -3.14. The number of halogens is 4. The number of hydrogen-bond acceptors (Lipinski definition) is 2. The summed E-state index contributed by atoms with van der Waals surface area (Å²) in [5, 5.41) is 6.70. The van der Waals surface area contributed by atoms with E-state index < -0.39 is 17.8 Å². The predicted molar refractivity (Wildman–Crippen MR) is 82.6 cm³/mol. The van der Waals surface area contributed by atoms with Gasteiger partial charge in [0.2, 0.25) is 0 Å². The molecule has 0 aliphatic heterocycles. The number of hydrazone groups is 1. The minimum atomic E-state index is -4.38. The number of nitrogens with zero attached hydrogens (tertiary/aromatic N) is 1. The van der Waals surface area contributed by atoms with Crippen LogP contribution in [0.15, 0.2) is 53.6 Å². The molecule has 0 bridgehead atoms. The summed E-state index contributed by atoms with van der Waals surface area (Å²) in [6.45, 7) is 0. The van der Waals surface area contributed by atoms with E-state index >= 15 is 0 Å². The van der Waals surface area contributed by atoms with Crippen molar-refractivity contribution in [2.24, 2.45) is 5.10 Å². The molecule has 0 unspecified atom stereocenters. The molecule has 2 aromatic carbocycles. The van der Waals surface area contributed by atoms with Crippen LogP contribution >= 0.6 is 11.6 Å². The number of rotatable bonds is 3. The summed E-state index contributed by atoms with van der Waals surface area (Å²) >= 11 is 5.72. The molecule has 2 aromatic rings. The fraction of sp³-hybridized carbons (Fsp3) is 0.0667. The number of benzene rings is 2. The molecule has 120 valence electrons. The van der Waals surface area contributed by atoms with E-state index in [2.05, 4.69) is 15.8 Å². The molecule has 2 rings (SSSR count). The van der Waals surface area contributed by atoms with Gasteiger partial charge < -0.3 is 5.32 Å². The Kier molecular flexibility index (Phi) is 5.23. The van der Waals surface area contributed by atoms with E-state index in [4.69, 9.17) is 11.6 Å². The lowest BCUT2D eigenvalue weighted by Crippen LogP contribution is -2.24. The SMILES string of the molecule is O=C(N/N=C\c1ccc(C(F)(F)F)cc1)Nc1ccc(Cl)cc1. The summed E-state index contributed by atoms with van der Waals surface area (Å²) in [7, 11) is 0. The maximum Gasteiger partial charge on any atom is 0.416 e. The van der Waals surface area contributed by atoms with Gasteiger partial charge in [0.15, 0.2) is 0 Å². The van der Waals surface area contributed by atoms with Crippen LogP contribution in [0.2, 0.25) is 5.02 Å². The lowest BCUT2D eigenvalue weighted by atomic mass is 10.1. The Morgan fingerprint density at radius 3 is 2.22 bits per heavy atom. The number of alkyl halides is 3. The molecule has 0 heterocycles. The number of carbonyl (C=O) groups excluding carboxylic acids is 1. The minimum absolute atomic E-state index is 0.421. The maximum atomic E-state index is 12.4. The molecule has 0 radical (unpaired) electrons. The molecule has 0 spiro atoms. The van der Waals surface area contributed by atoms with Gasteiger partial charge in [0.05, 0.1) is 11.8 Å². The zero-order valence-electron chi connectivity index (χ0n) is 11.6. The van der Waals surface area contributed by atoms with Crippen molar-refractivity contribution in [3.63, 3.8) is 0 Å². The highest BCUT2D eigenvalue weighted by Gasteiger charge is 2.29. The van der Waals surface area contributed by atoms with Crippen LogP contribution in [0.4, 0.5) is 23.7 Å². The third-order valence-electron chi connectivity index (χ3n) is 2.72. The van der Waals surface area contributed by atoms with Crippen molar-refractivity contribution in [3.8, 4) is 0 Å². The van der Waals surface area contributed by atoms with E-state index in [1.165, 1.54) is 18.3 Å². The molecular weight excluding hydrogens is 331 g/mol. The summed E-state index contributed by atoms with van der Waals surface area (Å²) in [5.41, 5.74) is 2.40. The van der Waals surface area contributed by atoms with Gasteiger partial charge in [0, 0.05) is 10.7 Å². The zero-order valence-corrected chi connectivity index (χ0v) is 12.3. The Labute approximate surface area is 135 Å². The average Bonchev–Trinajstić information content (AvgIpc) is 2.49.